The van der Waals surface area contributed by atoms with Gasteiger partial charge in [0.05, 0.1) is 6.20 Å². The average Bonchev–Trinajstić information content (AvgIpc) is 2.76. The van der Waals surface area contributed by atoms with Crippen molar-refractivity contribution in [2.45, 2.75) is 26.7 Å². The average molecular weight is 246 g/mol. The summed E-state index contributed by atoms with van der Waals surface area (Å²) in [6, 6.07) is 1.70. The Labute approximate surface area is 104 Å². The van der Waals surface area contributed by atoms with Gasteiger partial charge in [-0.1, -0.05) is 6.92 Å². The van der Waals surface area contributed by atoms with Crippen LogP contribution in [0.2, 0.25) is 0 Å². The van der Waals surface area contributed by atoms with E-state index in [9.17, 15) is 4.79 Å². The van der Waals surface area contributed by atoms with Crippen LogP contribution in [0.25, 0.3) is 11.5 Å². The summed E-state index contributed by atoms with van der Waals surface area (Å²) < 4.78 is 5.36. The molecule has 0 aliphatic heterocycles. The predicted octanol–water partition coefficient (Wildman–Crippen LogP) is 2.18. The van der Waals surface area contributed by atoms with E-state index in [1.165, 1.54) is 0 Å². The Hall–Kier alpha value is -2.24. The second-order valence-electron chi connectivity index (χ2n) is 3.81. The molecule has 0 saturated heterocycles. The number of nitrogens with zero attached hydrogens (tertiary/aromatic N) is 3. The topological polar surface area (TPSA) is 80.9 Å². The van der Waals surface area contributed by atoms with Crippen LogP contribution in [0.3, 0.4) is 0 Å². The Bertz CT molecular complexity index is 551. The first-order valence-corrected chi connectivity index (χ1v) is 5.74. The summed E-state index contributed by atoms with van der Waals surface area (Å²) in [5.74, 6) is 1.31. The van der Waals surface area contributed by atoms with Crippen LogP contribution in [0.15, 0.2) is 22.9 Å². The molecule has 0 saturated carbocycles. The van der Waals surface area contributed by atoms with E-state index in [1.54, 1.807) is 25.4 Å². The van der Waals surface area contributed by atoms with Crippen molar-refractivity contribution in [3.05, 3.63) is 24.4 Å². The van der Waals surface area contributed by atoms with E-state index in [4.69, 9.17) is 4.42 Å². The fourth-order valence-electron chi connectivity index (χ4n) is 1.45. The number of amides is 1. The van der Waals surface area contributed by atoms with Gasteiger partial charge in [-0.05, 0) is 12.5 Å². The molecule has 2 rings (SSSR count). The minimum Gasteiger partial charge on any atom is -0.439 e. The SMILES string of the molecule is CCCC(=O)Nc1nccc(-c2cnc(C)o2)n1. The molecule has 0 aliphatic rings. The molecule has 0 atom stereocenters. The van der Waals surface area contributed by atoms with E-state index >= 15 is 0 Å². The molecule has 6 heteroatoms. The molecule has 0 radical (unpaired) electrons. The van der Waals surface area contributed by atoms with Crippen molar-refractivity contribution in [1.82, 2.24) is 15.0 Å². The van der Waals surface area contributed by atoms with Gasteiger partial charge >= 0.3 is 0 Å². The molecule has 18 heavy (non-hydrogen) atoms. The molecule has 0 fully saturated rings. The Morgan fingerprint density at radius 3 is 2.94 bits per heavy atom. The number of nitrogens with one attached hydrogen (secondary N) is 1. The quantitative estimate of drug-likeness (QED) is 0.894. The lowest BCUT2D eigenvalue weighted by atomic mass is 10.3. The molecule has 2 aromatic heterocycles. The Balaban J connectivity index is 2.17. The number of carbonyl (C=O) groups is 1. The van der Waals surface area contributed by atoms with E-state index in [2.05, 4.69) is 20.3 Å². The maximum Gasteiger partial charge on any atom is 0.230 e. The van der Waals surface area contributed by atoms with Crippen molar-refractivity contribution in [1.29, 1.82) is 0 Å². The second kappa shape index (κ2) is 5.39. The summed E-state index contributed by atoms with van der Waals surface area (Å²) in [7, 11) is 0. The fourth-order valence-corrected chi connectivity index (χ4v) is 1.45. The van der Waals surface area contributed by atoms with Gasteiger partial charge in [0, 0.05) is 19.5 Å². The number of anilines is 1. The molecular weight excluding hydrogens is 232 g/mol. The van der Waals surface area contributed by atoms with Gasteiger partial charge in [-0.3, -0.25) is 10.1 Å². The zero-order valence-electron chi connectivity index (χ0n) is 10.3. The highest BCUT2D eigenvalue weighted by atomic mass is 16.4. The lowest BCUT2D eigenvalue weighted by Crippen LogP contribution is -2.13. The third kappa shape index (κ3) is 2.91. The maximum atomic E-state index is 11.4. The summed E-state index contributed by atoms with van der Waals surface area (Å²) in [6.07, 6.45) is 4.40. The highest BCUT2D eigenvalue weighted by Crippen LogP contribution is 2.18. The minimum absolute atomic E-state index is 0.0941. The molecule has 6 nitrogen and oxygen atoms in total. The predicted molar refractivity (Wildman–Crippen MR) is 65.8 cm³/mol. The van der Waals surface area contributed by atoms with Gasteiger partial charge in [-0.2, -0.15) is 0 Å². The smallest absolute Gasteiger partial charge is 0.230 e. The van der Waals surface area contributed by atoms with Gasteiger partial charge in [-0.15, -0.1) is 0 Å². The minimum atomic E-state index is -0.0941. The van der Waals surface area contributed by atoms with Crippen molar-refractivity contribution < 1.29 is 9.21 Å². The van der Waals surface area contributed by atoms with Crippen LogP contribution in [-0.4, -0.2) is 20.9 Å². The van der Waals surface area contributed by atoms with Gasteiger partial charge in [0.1, 0.15) is 5.69 Å². The number of rotatable bonds is 4. The monoisotopic (exact) mass is 246 g/mol. The third-order valence-electron chi connectivity index (χ3n) is 2.26. The number of hydrogen-bond acceptors (Lipinski definition) is 5. The maximum absolute atomic E-state index is 11.4. The lowest BCUT2D eigenvalue weighted by Gasteiger charge is -2.03. The Kier molecular flexibility index (Phi) is 3.66. The number of hydrogen-bond donors (Lipinski definition) is 1. The summed E-state index contributed by atoms with van der Waals surface area (Å²) in [4.78, 5) is 23.6. The van der Waals surface area contributed by atoms with E-state index in [-0.39, 0.29) is 11.9 Å². The van der Waals surface area contributed by atoms with Crippen molar-refractivity contribution >= 4 is 11.9 Å². The van der Waals surface area contributed by atoms with Crippen molar-refractivity contribution in [3.63, 3.8) is 0 Å². The van der Waals surface area contributed by atoms with Crippen LogP contribution in [0, 0.1) is 6.92 Å². The normalized spacial score (nSPS) is 10.3. The van der Waals surface area contributed by atoms with Crippen LogP contribution in [0.1, 0.15) is 25.7 Å². The van der Waals surface area contributed by atoms with E-state index in [0.717, 1.165) is 6.42 Å². The molecule has 0 unspecified atom stereocenters. The first-order valence-electron chi connectivity index (χ1n) is 5.74. The first kappa shape index (κ1) is 12.2. The summed E-state index contributed by atoms with van der Waals surface area (Å²) in [5.41, 5.74) is 0.595. The molecule has 2 heterocycles. The fraction of sp³-hybridized carbons (Fsp3) is 0.333. The molecule has 1 amide bonds. The molecule has 94 valence electrons. The van der Waals surface area contributed by atoms with E-state index in [1.807, 2.05) is 6.92 Å². The zero-order chi connectivity index (χ0) is 13.0. The molecule has 0 aromatic carbocycles. The van der Waals surface area contributed by atoms with E-state index < -0.39 is 0 Å². The van der Waals surface area contributed by atoms with Gasteiger partial charge in [0.25, 0.3) is 0 Å². The van der Waals surface area contributed by atoms with Crippen molar-refractivity contribution in [2.24, 2.45) is 0 Å². The van der Waals surface area contributed by atoms with Crippen LogP contribution in [0.4, 0.5) is 5.95 Å². The number of aromatic nitrogens is 3. The lowest BCUT2D eigenvalue weighted by molar-refractivity contribution is -0.116. The number of aryl methyl sites for hydroxylation is 1. The molecule has 0 bridgehead atoms. The molecular formula is C12H14N4O2. The largest absolute Gasteiger partial charge is 0.439 e. The molecule has 0 spiro atoms. The second-order valence-corrected chi connectivity index (χ2v) is 3.81. The van der Waals surface area contributed by atoms with Gasteiger partial charge < -0.3 is 4.42 Å². The standard InChI is InChI=1S/C12H14N4O2/c1-3-4-11(17)16-12-13-6-5-9(15-12)10-7-14-8(2)18-10/h5-7H,3-4H2,1-2H3,(H,13,15,16,17). The number of oxazole rings is 1. The van der Waals surface area contributed by atoms with E-state index in [0.29, 0.717) is 23.8 Å². The first-order chi connectivity index (χ1) is 8.69. The third-order valence-corrected chi connectivity index (χ3v) is 2.26. The Morgan fingerprint density at radius 2 is 2.28 bits per heavy atom. The van der Waals surface area contributed by atoms with Crippen molar-refractivity contribution in [3.8, 4) is 11.5 Å². The molecule has 0 aliphatic carbocycles. The Morgan fingerprint density at radius 1 is 1.44 bits per heavy atom. The van der Waals surface area contributed by atoms with Crippen LogP contribution < -0.4 is 5.32 Å². The molecule has 2 aromatic rings. The van der Waals surface area contributed by atoms with Crippen LogP contribution in [0.5, 0.6) is 0 Å². The summed E-state index contributed by atoms with van der Waals surface area (Å²) in [5, 5.41) is 2.64. The van der Waals surface area contributed by atoms with Gasteiger partial charge in [-0.25, -0.2) is 15.0 Å². The zero-order valence-corrected chi connectivity index (χ0v) is 10.3. The highest BCUT2D eigenvalue weighted by molar-refractivity contribution is 5.88. The van der Waals surface area contributed by atoms with Crippen LogP contribution >= 0.6 is 0 Å². The van der Waals surface area contributed by atoms with Crippen LogP contribution in [-0.2, 0) is 4.79 Å². The summed E-state index contributed by atoms with van der Waals surface area (Å²) in [6.45, 7) is 3.70. The van der Waals surface area contributed by atoms with Gasteiger partial charge in [0.2, 0.25) is 11.9 Å². The molecule has 1 N–H and O–H groups in total. The van der Waals surface area contributed by atoms with Gasteiger partial charge in [0.15, 0.2) is 11.7 Å². The highest BCUT2D eigenvalue weighted by Gasteiger charge is 2.08. The number of carbonyl (C=O) groups excluding carboxylic acids is 1. The summed E-state index contributed by atoms with van der Waals surface area (Å²) >= 11 is 0. The van der Waals surface area contributed by atoms with Crippen molar-refractivity contribution in [2.75, 3.05) is 5.32 Å².